The molecule has 0 amide bonds. The van der Waals surface area contributed by atoms with Gasteiger partial charge in [0.05, 0.1) is 31.2 Å². The molecule has 1 aliphatic rings. The molecule has 0 radical (unpaired) electrons. The molecule has 0 bridgehead atoms. The number of nitrogens with zero attached hydrogens (tertiary/aromatic N) is 3. The fraction of sp³-hybridized carbons (Fsp3) is 0.667. The van der Waals surface area contributed by atoms with Gasteiger partial charge in [0.15, 0.2) is 0 Å². The van der Waals surface area contributed by atoms with Gasteiger partial charge in [0.1, 0.15) is 13.2 Å². The largest absolute Gasteiger partial charge is 0.462 e. The molecule has 0 spiro atoms. The van der Waals surface area contributed by atoms with Crippen LogP contribution in [0.25, 0.3) is 0 Å². The summed E-state index contributed by atoms with van der Waals surface area (Å²) in [6.45, 7) is 2.46. The fourth-order valence-electron chi connectivity index (χ4n) is 1.78. The van der Waals surface area contributed by atoms with Crippen LogP contribution >= 0.6 is 0 Å². The lowest BCUT2D eigenvalue weighted by Crippen LogP contribution is -2.46. The summed E-state index contributed by atoms with van der Waals surface area (Å²) in [7, 11) is -1.49. The number of ether oxygens (including phenoxy) is 2. The Morgan fingerprint density at radius 3 is 3.05 bits per heavy atom. The van der Waals surface area contributed by atoms with Crippen molar-refractivity contribution in [1.82, 2.24) is 14.9 Å². The van der Waals surface area contributed by atoms with Crippen LogP contribution < -0.4 is 4.74 Å². The van der Waals surface area contributed by atoms with Gasteiger partial charge in [-0.05, 0) is 13.1 Å². The number of likely N-dealkylation sites (N-methyl/N-ethyl adjacent to an activating group) is 1. The monoisotopic (exact) mass is 317 g/mol. The smallest absolute Gasteiger partial charge is 0.316 e. The van der Waals surface area contributed by atoms with Crippen LogP contribution in [0.4, 0.5) is 0 Å². The highest BCUT2D eigenvalue weighted by Crippen LogP contribution is 2.09. The van der Waals surface area contributed by atoms with Crippen LogP contribution in [0.5, 0.6) is 6.01 Å². The van der Waals surface area contributed by atoms with Gasteiger partial charge in [0, 0.05) is 12.7 Å². The summed E-state index contributed by atoms with van der Waals surface area (Å²) in [5.74, 6) is 0. The molecule has 1 saturated heterocycles. The minimum absolute atomic E-state index is 0.135. The van der Waals surface area contributed by atoms with Crippen molar-refractivity contribution in [3.8, 4) is 6.01 Å². The Hall–Kier alpha value is -1.29. The molecule has 0 N–H and O–H groups in total. The summed E-state index contributed by atoms with van der Waals surface area (Å²) in [5.41, 5.74) is 0.443. The van der Waals surface area contributed by atoms with E-state index in [1.165, 1.54) is 6.20 Å². The maximum Gasteiger partial charge on any atom is 0.316 e. The third-order valence-corrected chi connectivity index (χ3v) is 3.58. The number of hydrogen-bond acceptors (Lipinski definition) is 8. The standard InChI is InChI=1S/C12H19N3O5S/c1-15-5-6-18-8-11(15)9-19-12-13-4-3-10(14-12)7-20-21(2,16)17/h3-4,11H,5-9H2,1-2H3. The number of rotatable bonds is 6. The zero-order valence-electron chi connectivity index (χ0n) is 12.1. The summed E-state index contributed by atoms with van der Waals surface area (Å²) < 4.78 is 37.5. The van der Waals surface area contributed by atoms with E-state index in [0.29, 0.717) is 18.9 Å². The molecule has 0 aromatic carbocycles. The van der Waals surface area contributed by atoms with Crippen LogP contribution in [0, 0.1) is 0 Å². The first kappa shape index (κ1) is 16.1. The second-order valence-electron chi connectivity index (χ2n) is 4.82. The Morgan fingerprint density at radius 1 is 1.52 bits per heavy atom. The highest BCUT2D eigenvalue weighted by Gasteiger charge is 2.20. The zero-order valence-corrected chi connectivity index (χ0v) is 12.9. The molecule has 118 valence electrons. The summed E-state index contributed by atoms with van der Waals surface area (Å²) in [6, 6.07) is 1.93. The Bertz CT molecular complexity index is 566. The minimum atomic E-state index is -3.50. The molecule has 1 fully saturated rings. The van der Waals surface area contributed by atoms with Crippen molar-refractivity contribution >= 4 is 10.1 Å². The summed E-state index contributed by atoms with van der Waals surface area (Å²) >= 11 is 0. The SMILES string of the molecule is CN1CCOCC1COc1nccc(COS(C)(=O)=O)n1. The van der Waals surface area contributed by atoms with Gasteiger partial charge in [-0.3, -0.25) is 9.08 Å². The van der Waals surface area contributed by atoms with Crippen LogP contribution in [0.2, 0.25) is 0 Å². The average molecular weight is 317 g/mol. The second kappa shape index (κ2) is 7.12. The predicted octanol–water partition coefficient (Wildman–Crippen LogP) is -0.338. The van der Waals surface area contributed by atoms with Gasteiger partial charge >= 0.3 is 6.01 Å². The van der Waals surface area contributed by atoms with Gasteiger partial charge in [-0.2, -0.15) is 13.4 Å². The topological polar surface area (TPSA) is 90.9 Å². The highest BCUT2D eigenvalue weighted by atomic mass is 32.2. The Kier molecular flexibility index (Phi) is 5.45. The van der Waals surface area contributed by atoms with Crippen molar-refractivity contribution in [2.45, 2.75) is 12.6 Å². The molecule has 2 heterocycles. The first-order valence-corrected chi connectivity index (χ1v) is 8.33. The van der Waals surface area contributed by atoms with Crippen molar-refractivity contribution in [2.75, 3.05) is 39.7 Å². The van der Waals surface area contributed by atoms with Gasteiger partial charge in [-0.1, -0.05) is 0 Å². The Labute approximate surface area is 124 Å². The van der Waals surface area contributed by atoms with Gasteiger partial charge in [0.2, 0.25) is 0 Å². The van der Waals surface area contributed by atoms with E-state index in [1.54, 1.807) is 6.07 Å². The van der Waals surface area contributed by atoms with Crippen molar-refractivity contribution < 1.29 is 22.1 Å². The van der Waals surface area contributed by atoms with Crippen LogP contribution in [0.15, 0.2) is 12.3 Å². The van der Waals surface area contributed by atoms with E-state index in [2.05, 4.69) is 19.1 Å². The first-order valence-electron chi connectivity index (χ1n) is 6.51. The quantitative estimate of drug-likeness (QED) is 0.658. The van der Waals surface area contributed by atoms with Crippen LogP contribution in [0.3, 0.4) is 0 Å². The first-order chi connectivity index (χ1) is 9.94. The van der Waals surface area contributed by atoms with Gasteiger partial charge in [0.25, 0.3) is 10.1 Å². The Balaban J connectivity index is 1.88. The average Bonchev–Trinajstić information content (AvgIpc) is 2.44. The maximum absolute atomic E-state index is 10.9. The molecule has 1 unspecified atom stereocenters. The third kappa shape index (κ3) is 5.54. The van der Waals surface area contributed by atoms with Crippen LogP contribution in [-0.2, 0) is 25.6 Å². The molecule has 1 aromatic rings. The van der Waals surface area contributed by atoms with Crippen LogP contribution in [0.1, 0.15) is 5.69 Å². The van der Waals surface area contributed by atoms with E-state index in [-0.39, 0.29) is 18.7 Å². The number of aromatic nitrogens is 2. The fourth-order valence-corrected chi connectivity index (χ4v) is 2.11. The van der Waals surface area contributed by atoms with E-state index in [1.807, 2.05) is 7.05 Å². The van der Waals surface area contributed by atoms with E-state index in [4.69, 9.17) is 9.47 Å². The lowest BCUT2D eigenvalue weighted by molar-refractivity contribution is -0.0120. The molecular formula is C12H19N3O5S. The van der Waals surface area contributed by atoms with Crippen molar-refractivity contribution in [2.24, 2.45) is 0 Å². The summed E-state index contributed by atoms with van der Waals surface area (Å²) in [4.78, 5) is 10.3. The molecule has 8 nitrogen and oxygen atoms in total. The van der Waals surface area contributed by atoms with Crippen molar-refractivity contribution in [1.29, 1.82) is 0 Å². The van der Waals surface area contributed by atoms with E-state index in [0.717, 1.165) is 19.4 Å². The van der Waals surface area contributed by atoms with E-state index in [9.17, 15) is 8.42 Å². The normalized spacial score (nSPS) is 20.4. The maximum atomic E-state index is 10.9. The predicted molar refractivity (Wildman–Crippen MR) is 74.4 cm³/mol. The molecule has 1 aliphatic heterocycles. The molecule has 1 aromatic heterocycles. The zero-order chi connectivity index (χ0) is 15.3. The van der Waals surface area contributed by atoms with Crippen molar-refractivity contribution in [3.05, 3.63) is 18.0 Å². The molecule has 0 saturated carbocycles. The molecule has 1 atom stereocenters. The molecule has 9 heteroatoms. The van der Waals surface area contributed by atoms with Crippen molar-refractivity contribution in [3.63, 3.8) is 0 Å². The third-order valence-electron chi connectivity index (χ3n) is 3.04. The lowest BCUT2D eigenvalue weighted by Gasteiger charge is -2.31. The summed E-state index contributed by atoms with van der Waals surface area (Å²) in [5, 5.41) is 0. The Morgan fingerprint density at radius 2 is 2.33 bits per heavy atom. The summed E-state index contributed by atoms with van der Waals surface area (Å²) in [6.07, 6.45) is 2.49. The van der Waals surface area contributed by atoms with Gasteiger partial charge in [-0.15, -0.1) is 0 Å². The lowest BCUT2D eigenvalue weighted by atomic mass is 10.2. The highest BCUT2D eigenvalue weighted by molar-refractivity contribution is 7.85. The molecule has 0 aliphatic carbocycles. The van der Waals surface area contributed by atoms with Crippen LogP contribution in [-0.4, -0.2) is 69.0 Å². The molecular weight excluding hydrogens is 298 g/mol. The van der Waals surface area contributed by atoms with E-state index >= 15 is 0 Å². The van der Waals surface area contributed by atoms with E-state index < -0.39 is 10.1 Å². The minimum Gasteiger partial charge on any atom is -0.462 e. The molecule has 21 heavy (non-hydrogen) atoms. The second-order valence-corrected chi connectivity index (χ2v) is 6.46. The number of morpholine rings is 1. The molecule has 2 rings (SSSR count). The van der Waals surface area contributed by atoms with Gasteiger partial charge < -0.3 is 9.47 Å². The van der Waals surface area contributed by atoms with Gasteiger partial charge in [-0.25, -0.2) is 4.98 Å². The number of hydrogen-bond donors (Lipinski definition) is 0.